The van der Waals surface area contributed by atoms with E-state index in [4.69, 9.17) is 0 Å². The van der Waals surface area contributed by atoms with E-state index in [9.17, 15) is 9.59 Å². The molecule has 4 nitrogen and oxygen atoms in total. The Labute approximate surface area is 84.2 Å². The molecule has 0 radical (unpaired) electrons. The standard InChI is InChI=1S/C10H17NO3/c1-7(2)8-5-4-6-11(8)9(12)10(13)14-3/h7-8H,4-6H2,1-3H3. The van der Waals surface area contributed by atoms with Crippen molar-refractivity contribution in [3.05, 3.63) is 0 Å². The summed E-state index contributed by atoms with van der Waals surface area (Å²) in [5.74, 6) is -0.854. The van der Waals surface area contributed by atoms with Crippen LogP contribution in [0, 0.1) is 5.92 Å². The van der Waals surface area contributed by atoms with Crippen molar-refractivity contribution < 1.29 is 14.3 Å². The summed E-state index contributed by atoms with van der Waals surface area (Å²) in [7, 11) is 1.24. The van der Waals surface area contributed by atoms with Gasteiger partial charge in [-0.2, -0.15) is 0 Å². The van der Waals surface area contributed by atoms with Crippen LogP contribution in [0.15, 0.2) is 0 Å². The number of carbonyl (C=O) groups excluding carboxylic acids is 2. The highest BCUT2D eigenvalue weighted by Crippen LogP contribution is 2.23. The summed E-state index contributed by atoms with van der Waals surface area (Å²) in [6.07, 6.45) is 1.96. The quantitative estimate of drug-likeness (QED) is 0.463. The fourth-order valence-corrected chi connectivity index (χ4v) is 1.94. The third kappa shape index (κ3) is 2.05. The van der Waals surface area contributed by atoms with Crippen LogP contribution < -0.4 is 0 Å². The molecule has 0 aromatic heterocycles. The molecule has 1 saturated heterocycles. The molecule has 0 aromatic carbocycles. The second-order valence-corrected chi connectivity index (χ2v) is 3.94. The van der Waals surface area contributed by atoms with Crippen molar-refractivity contribution in [3.8, 4) is 0 Å². The molecule has 1 rings (SSSR count). The maximum Gasteiger partial charge on any atom is 0.396 e. The first-order valence-corrected chi connectivity index (χ1v) is 4.96. The first-order valence-electron chi connectivity index (χ1n) is 4.96. The predicted octanol–water partition coefficient (Wildman–Crippen LogP) is 0.806. The van der Waals surface area contributed by atoms with Gasteiger partial charge in [0.25, 0.3) is 0 Å². The minimum absolute atomic E-state index is 0.196. The van der Waals surface area contributed by atoms with Crippen molar-refractivity contribution in [2.24, 2.45) is 5.92 Å². The zero-order valence-electron chi connectivity index (χ0n) is 8.95. The lowest BCUT2D eigenvalue weighted by atomic mass is 10.0. The Morgan fingerprint density at radius 3 is 2.57 bits per heavy atom. The molecule has 0 saturated carbocycles. The zero-order chi connectivity index (χ0) is 10.7. The number of hydrogen-bond acceptors (Lipinski definition) is 3. The van der Waals surface area contributed by atoms with Crippen molar-refractivity contribution in [1.82, 2.24) is 4.90 Å². The van der Waals surface area contributed by atoms with Crippen molar-refractivity contribution >= 4 is 11.9 Å². The van der Waals surface area contributed by atoms with Crippen molar-refractivity contribution in [2.45, 2.75) is 32.7 Å². The summed E-state index contributed by atoms with van der Waals surface area (Å²) >= 11 is 0. The zero-order valence-corrected chi connectivity index (χ0v) is 8.95. The molecule has 0 bridgehead atoms. The number of amides is 1. The summed E-state index contributed by atoms with van der Waals surface area (Å²) in [6, 6.07) is 0.196. The smallest absolute Gasteiger partial charge is 0.396 e. The molecule has 1 aliphatic rings. The first-order chi connectivity index (χ1) is 6.57. The fourth-order valence-electron chi connectivity index (χ4n) is 1.94. The summed E-state index contributed by atoms with van der Waals surface area (Å²) in [5.41, 5.74) is 0. The van der Waals surface area contributed by atoms with Crippen LogP contribution >= 0.6 is 0 Å². The number of rotatable bonds is 1. The van der Waals surface area contributed by atoms with Crippen LogP contribution in [-0.2, 0) is 14.3 Å². The Kier molecular flexibility index (Phi) is 3.49. The predicted molar refractivity (Wildman–Crippen MR) is 51.6 cm³/mol. The Morgan fingerprint density at radius 1 is 1.43 bits per heavy atom. The normalized spacial score (nSPS) is 21.4. The van der Waals surface area contributed by atoms with Gasteiger partial charge in [-0.05, 0) is 18.8 Å². The molecule has 1 unspecified atom stereocenters. The molecule has 80 valence electrons. The van der Waals surface area contributed by atoms with E-state index in [0.717, 1.165) is 12.8 Å². The average Bonchev–Trinajstić information content (AvgIpc) is 2.63. The van der Waals surface area contributed by atoms with E-state index in [1.54, 1.807) is 4.90 Å². The first kappa shape index (κ1) is 11.0. The van der Waals surface area contributed by atoms with E-state index in [0.29, 0.717) is 12.5 Å². The number of methoxy groups -OCH3 is 1. The lowest BCUT2D eigenvalue weighted by Crippen LogP contribution is -2.42. The lowest BCUT2D eigenvalue weighted by Gasteiger charge is -2.26. The minimum atomic E-state index is -0.752. The van der Waals surface area contributed by atoms with Gasteiger partial charge in [0.1, 0.15) is 0 Å². The maximum absolute atomic E-state index is 11.5. The van der Waals surface area contributed by atoms with Gasteiger partial charge in [-0.25, -0.2) is 4.79 Å². The van der Waals surface area contributed by atoms with E-state index in [-0.39, 0.29) is 6.04 Å². The van der Waals surface area contributed by atoms with E-state index in [1.165, 1.54) is 7.11 Å². The number of esters is 1. The van der Waals surface area contributed by atoms with Gasteiger partial charge in [-0.3, -0.25) is 4.79 Å². The Hall–Kier alpha value is -1.06. The lowest BCUT2D eigenvalue weighted by molar-refractivity contribution is -0.159. The van der Waals surface area contributed by atoms with E-state index >= 15 is 0 Å². The summed E-state index contributed by atoms with van der Waals surface area (Å²) < 4.78 is 4.42. The molecule has 0 N–H and O–H groups in total. The van der Waals surface area contributed by atoms with Gasteiger partial charge >= 0.3 is 11.9 Å². The number of hydrogen-bond donors (Lipinski definition) is 0. The third-order valence-corrected chi connectivity index (χ3v) is 2.69. The van der Waals surface area contributed by atoms with Crippen LogP contribution in [0.1, 0.15) is 26.7 Å². The van der Waals surface area contributed by atoms with Crippen molar-refractivity contribution in [3.63, 3.8) is 0 Å². The van der Waals surface area contributed by atoms with Gasteiger partial charge in [-0.1, -0.05) is 13.8 Å². The number of ether oxygens (including phenoxy) is 1. The molecule has 1 fully saturated rings. The number of likely N-dealkylation sites (tertiary alicyclic amines) is 1. The SMILES string of the molecule is COC(=O)C(=O)N1CCCC1C(C)C. The molecule has 1 amide bonds. The summed E-state index contributed by atoms with van der Waals surface area (Å²) in [5, 5.41) is 0. The van der Waals surface area contributed by atoms with Crippen LogP contribution in [0.4, 0.5) is 0 Å². The molecule has 1 heterocycles. The summed E-state index contributed by atoms with van der Waals surface area (Å²) in [6.45, 7) is 4.80. The molecule has 1 atom stereocenters. The Bertz CT molecular complexity index is 238. The van der Waals surface area contributed by atoms with Gasteiger partial charge in [0.15, 0.2) is 0 Å². The highest BCUT2D eigenvalue weighted by molar-refractivity contribution is 6.32. The number of nitrogens with zero attached hydrogens (tertiary/aromatic N) is 1. The molecule has 1 aliphatic heterocycles. The second-order valence-electron chi connectivity index (χ2n) is 3.94. The maximum atomic E-state index is 11.5. The fraction of sp³-hybridized carbons (Fsp3) is 0.800. The van der Waals surface area contributed by atoms with E-state index < -0.39 is 11.9 Å². The highest BCUT2D eigenvalue weighted by Gasteiger charge is 2.34. The van der Waals surface area contributed by atoms with Crippen LogP contribution in [-0.4, -0.2) is 36.5 Å². The third-order valence-electron chi connectivity index (χ3n) is 2.69. The second kappa shape index (κ2) is 4.44. The van der Waals surface area contributed by atoms with Crippen LogP contribution in [0.2, 0.25) is 0 Å². The summed E-state index contributed by atoms with van der Waals surface area (Å²) in [4.78, 5) is 24.2. The molecule has 14 heavy (non-hydrogen) atoms. The van der Waals surface area contributed by atoms with Gasteiger partial charge in [0.05, 0.1) is 7.11 Å². The van der Waals surface area contributed by atoms with Crippen molar-refractivity contribution in [2.75, 3.05) is 13.7 Å². The Morgan fingerprint density at radius 2 is 2.07 bits per heavy atom. The molecule has 4 heteroatoms. The molecule has 0 spiro atoms. The van der Waals surface area contributed by atoms with Crippen LogP contribution in [0.5, 0.6) is 0 Å². The molecular formula is C10H17NO3. The Balaban J connectivity index is 2.67. The molecule has 0 aliphatic carbocycles. The average molecular weight is 199 g/mol. The molecule has 0 aromatic rings. The highest BCUT2D eigenvalue weighted by atomic mass is 16.5. The molecular weight excluding hydrogens is 182 g/mol. The van der Waals surface area contributed by atoms with Gasteiger partial charge in [0.2, 0.25) is 0 Å². The van der Waals surface area contributed by atoms with Crippen LogP contribution in [0.3, 0.4) is 0 Å². The van der Waals surface area contributed by atoms with E-state index in [2.05, 4.69) is 18.6 Å². The van der Waals surface area contributed by atoms with Crippen LogP contribution in [0.25, 0.3) is 0 Å². The van der Waals surface area contributed by atoms with Gasteiger partial charge < -0.3 is 9.64 Å². The van der Waals surface area contributed by atoms with Gasteiger partial charge in [-0.15, -0.1) is 0 Å². The minimum Gasteiger partial charge on any atom is -0.462 e. The van der Waals surface area contributed by atoms with Gasteiger partial charge in [0, 0.05) is 12.6 Å². The van der Waals surface area contributed by atoms with E-state index in [1.807, 2.05) is 0 Å². The topological polar surface area (TPSA) is 46.6 Å². The largest absolute Gasteiger partial charge is 0.462 e. The number of carbonyl (C=O) groups is 2. The monoisotopic (exact) mass is 199 g/mol. The van der Waals surface area contributed by atoms with Crippen molar-refractivity contribution in [1.29, 1.82) is 0 Å².